The lowest BCUT2D eigenvalue weighted by Gasteiger charge is -2.30. The van der Waals surface area contributed by atoms with E-state index in [0.29, 0.717) is 19.4 Å². The standard InChI is InChI=1S/C14H19F3N2/c1-10-3-2-8-18-13(10)9-19-12-6-4-11(5-7-12)14(15,16)17/h2-3,8,11-12,19H,4-7,9H2,1H3. The molecule has 5 heteroatoms. The number of halogens is 3. The van der Waals surface area contributed by atoms with Crippen molar-refractivity contribution in [3.8, 4) is 0 Å². The smallest absolute Gasteiger partial charge is 0.308 e. The SMILES string of the molecule is Cc1cccnc1CNC1CCC(C(F)(F)F)CC1. The van der Waals surface area contributed by atoms with E-state index in [4.69, 9.17) is 0 Å². The summed E-state index contributed by atoms with van der Waals surface area (Å²) in [5.74, 6) is -1.11. The first-order valence-electron chi connectivity index (χ1n) is 6.67. The fourth-order valence-corrected chi connectivity index (χ4v) is 2.57. The van der Waals surface area contributed by atoms with E-state index in [1.165, 1.54) is 0 Å². The molecule has 0 radical (unpaired) electrons. The minimum absolute atomic E-state index is 0.181. The zero-order valence-corrected chi connectivity index (χ0v) is 11.0. The van der Waals surface area contributed by atoms with Gasteiger partial charge in [-0.1, -0.05) is 6.07 Å². The average Bonchev–Trinajstić information content (AvgIpc) is 2.37. The predicted octanol–water partition coefficient (Wildman–Crippen LogP) is 3.60. The average molecular weight is 272 g/mol. The Bertz CT molecular complexity index is 409. The molecular formula is C14H19F3N2. The van der Waals surface area contributed by atoms with Crippen LogP contribution >= 0.6 is 0 Å². The summed E-state index contributed by atoms with van der Waals surface area (Å²) in [7, 11) is 0. The zero-order valence-electron chi connectivity index (χ0n) is 11.0. The normalized spacial score (nSPS) is 24.4. The summed E-state index contributed by atoms with van der Waals surface area (Å²) in [6.07, 6.45) is -0.621. The molecular weight excluding hydrogens is 253 g/mol. The van der Waals surface area contributed by atoms with Crippen molar-refractivity contribution in [2.45, 2.75) is 51.4 Å². The minimum Gasteiger partial charge on any atom is -0.308 e. The molecule has 2 nitrogen and oxygen atoms in total. The topological polar surface area (TPSA) is 24.9 Å². The highest BCUT2D eigenvalue weighted by Gasteiger charge is 2.41. The van der Waals surface area contributed by atoms with Gasteiger partial charge in [0.1, 0.15) is 0 Å². The van der Waals surface area contributed by atoms with Crippen molar-refractivity contribution in [3.63, 3.8) is 0 Å². The van der Waals surface area contributed by atoms with E-state index in [-0.39, 0.29) is 18.9 Å². The van der Waals surface area contributed by atoms with E-state index in [2.05, 4.69) is 10.3 Å². The maximum Gasteiger partial charge on any atom is 0.391 e. The van der Waals surface area contributed by atoms with Crippen molar-refractivity contribution in [2.24, 2.45) is 5.92 Å². The fraction of sp³-hybridized carbons (Fsp3) is 0.643. The third-order valence-electron chi connectivity index (χ3n) is 3.87. The van der Waals surface area contributed by atoms with Crippen LogP contribution in [-0.2, 0) is 6.54 Å². The minimum atomic E-state index is -4.03. The van der Waals surface area contributed by atoms with Gasteiger partial charge in [0, 0.05) is 18.8 Å². The van der Waals surface area contributed by atoms with Crippen molar-refractivity contribution >= 4 is 0 Å². The Morgan fingerprint density at radius 3 is 2.53 bits per heavy atom. The van der Waals surface area contributed by atoms with E-state index < -0.39 is 12.1 Å². The molecule has 0 spiro atoms. The largest absolute Gasteiger partial charge is 0.391 e. The summed E-state index contributed by atoms with van der Waals surface area (Å²) >= 11 is 0. The third-order valence-corrected chi connectivity index (χ3v) is 3.87. The number of nitrogens with one attached hydrogen (secondary N) is 1. The third kappa shape index (κ3) is 3.93. The molecule has 0 amide bonds. The quantitative estimate of drug-likeness (QED) is 0.909. The van der Waals surface area contributed by atoms with Crippen LogP contribution in [0.1, 0.15) is 36.9 Å². The number of aryl methyl sites for hydroxylation is 1. The van der Waals surface area contributed by atoms with Gasteiger partial charge in [0.05, 0.1) is 11.6 Å². The van der Waals surface area contributed by atoms with Gasteiger partial charge < -0.3 is 5.32 Å². The van der Waals surface area contributed by atoms with Crippen LogP contribution < -0.4 is 5.32 Å². The monoisotopic (exact) mass is 272 g/mol. The van der Waals surface area contributed by atoms with E-state index >= 15 is 0 Å². The summed E-state index contributed by atoms with van der Waals surface area (Å²) in [5, 5.41) is 3.32. The first-order valence-corrected chi connectivity index (χ1v) is 6.67. The number of aromatic nitrogens is 1. The van der Waals surface area contributed by atoms with Crippen molar-refractivity contribution in [1.29, 1.82) is 0 Å². The fourth-order valence-electron chi connectivity index (χ4n) is 2.57. The van der Waals surface area contributed by atoms with Crippen LogP contribution in [0.2, 0.25) is 0 Å². The van der Waals surface area contributed by atoms with Gasteiger partial charge in [0.15, 0.2) is 0 Å². The molecule has 1 saturated carbocycles. The summed E-state index contributed by atoms with van der Waals surface area (Å²) in [6.45, 7) is 2.62. The lowest BCUT2D eigenvalue weighted by Crippen LogP contribution is -2.36. The Kier molecular flexibility index (Phi) is 4.45. The Labute approximate surface area is 111 Å². The van der Waals surface area contributed by atoms with Gasteiger partial charge in [0.2, 0.25) is 0 Å². The van der Waals surface area contributed by atoms with Gasteiger partial charge in [-0.25, -0.2) is 0 Å². The molecule has 0 saturated heterocycles. The lowest BCUT2D eigenvalue weighted by atomic mass is 9.85. The van der Waals surface area contributed by atoms with Crippen LogP contribution in [0.25, 0.3) is 0 Å². The number of nitrogens with zero attached hydrogens (tertiary/aromatic N) is 1. The van der Waals surface area contributed by atoms with Gasteiger partial charge in [0.25, 0.3) is 0 Å². The number of hydrogen-bond donors (Lipinski definition) is 1. The second-order valence-electron chi connectivity index (χ2n) is 5.24. The molecule has 0 atom stereocenters. The Balaban J connectivity index is 1.79. The molecule has 0 aliphatic heterocycles. The Morgan fingerprint density at radius 1 is 1.26 bits per heavy atom. The van der Waals surface area contributed by atoms with Crippen molar-refractivity contribution < 1.29 is 13.2 Å². The van der Waals surface area contributed by atoms with Crippen LogP contribution in [0.3, 0.4) is 0 Å². The Hall–Kier alpha value is -1.10. The van der Waals surface area contributed by atoms with Crippen LogP contribution in [0, 0.1) is 12.8 Å². The molecule has 1 aliphatic carbocycles. The van der Waals surface area contributed by atoms with Gasteiger partial charge >= 0.3 is 6.18 Å². The second-order valence-corrected chi connectivity index (χ2v) is 5.24. The van der Waals surface area contributed by atoms with Gasteiger partial charge in [-0.2, -0.15) is 13.2 Å². The summed E-state index contributed by atoms with van der Waals surface area (Å²) < 4.78 is 37.6. The first kappa shape index (κ1) is 14.3. The van der Waals surface area contributed by atoms with Gasteiger partial charge in [-0.3, -0.25) is 4.98 Å². The van der Waals surface area contributed by atoms with Crippen LogP contribution in [0.5, 0.6) is 0 Å². The molecule has 1 aromatic heterocycles. The molecule has 2 rings (SSSR count). The highest BCUT2D eigenvalue weighted by atomic mass is 19.4. The number of alkyl halides is 3. The van der Waals surface area contributed by atoms with Crippen LogP contribution in [0.4, 0.5) is 13.2 Å². The van der Waals surface area contributed by atoms with Crippen molar-refractivity contribution in [1.82, 2.24) is 10.3 Å². The first-order chi connectivity index (χ1) is 8.97. The van der Waals surface area contributed by atoms with Crippen LogP contribution in [0.15, 0.2) is 18.3 Å². The predicted molar refractivity (Wildman–Crippen MR) is 67.6 cm³/mol. The molecule has 0 aromatic carbocycles. The molecule has 1 N–H and O–H groups in total. The molecule has 1 aromatic rings. The second kappa shape index (κ2) is 5.90. The van der Waals surface area contributed by atoms with E-state index in [1.807, 2.05) is 19.1 Å². The maximum atomic E-state index is 12.5. The van der Waals surface area contributed by atoms with Gasteiger partial charge in [-0.05, 0) is 44.2 Å². The number of rotatable bonds is 3. The number of pyridine rings is 1. The Morgan fingerprint density at radius 2 is 1.95 bits per heavy atom. The van der Waals surface area contributed by atoms with E-state index in [1.54, 1.807) is 6.20 Å². The molecule has 1 aliphatic rings. The highest BCUT2D eigenvalue weighted by Crippen LogP contribution is 2.37. The van der Waals surface area contributed by atoms with E-state index in [9.17, 15) is 13.2 Å². The maximum absolute atomic E-state index is 12.5. The summed E-state index contributed by atoms with van der Waals surface area (Å²) in [6, 6.07) is 4.05. The van der Waals surface area contributed by atoms with Crippen molar-refractivity contribution in [2.75, 3.05) is 0 Å². The van der Waals surface area contributed by atoms with Gasteiger partial charge in [-0.15, -0.1) is 0 Å². The molecule has 19 heavy (non-hydrogen) atoms. The zero-order chi connectivity index (χ0) is 13.9. The van der Waals surface area contributed by atoms with Crippen molar-refractivity contribution in [3.05, 3.63) is 29.6 Å². The summed E-state index contributed by atoms with van der Waals surface area (Å²) in [4.78, 5) is 4.27. The molecule has 106 valence electrons. The molecule has 0 unspecified atom stereocenters. The van der Waals surface area contributed by atoms with E-state index in [0.717, 1.165) is 11.3 Å². The number of hydrogen-bond acceptors (Lipinski definition) is 2. The summed E-state index contributed by atoms with van der Waals surface area (Å²) in [5.41, 5.74) is 2.08. The molecule has 0 bridgehead atoms. The highest BCUT2D eigenvalue weighted by molar-refractivity contribution is 5.17. The molecule has 1 heterocycles. The lowest BCUT2D eigenvalue weighted by molar-refractivity contribution is -0.182. The molecule has 1 fully saturated rings. The van der Waals surface area contributed by atoms with Crippen LogP contribution in [-0.4, -0.2) is 17.2 Å².